The van der Waals surface area contributed by atoms with Crippen LogP contribution in [0.5, 0.6) is 17.2 Å². The maximum Gasteiger partial charge on any atom is 0.203 e. The SMILES string of the molecule is COc1ccc(CNCc2cc(Br)cs2)c(OC)c1OC. The van der Waals surface area contributed by atoms with E-state index in [2.05, 4.69) is 32.7 Å². The van der Waals surface area contributed by atoms with E-state index in [4.69, 9.17) is 14.2 Å². The Balaban J connectivity index is 2.08. The second kappa shape index (κ2) is 7.68. The minimum atomic E-state index is 0.623. The molecular weight excluding hydrogens is 354 g/mol. The molecule has 4 nitrogen and oxygen atoms in total. The molecule has 0 fully saturated rings. The number of rotatable bonds is 7. The molecule has 0 bridgehead atoms. The van der Waals surface area contributed by atoms with E-state index >= 15 is 0 Å². The van der Waals surface area contributed by atoms with Crippen molar-refractivity contribution in [1.29, 1.82) is 0 Å². The van der Waals surface area contributed by atoms with Gasteiger partial charge in [0.1, 0.15) is 0 Å². The Kier molecular flexibility index (Phi) is 5.90. The summed E-state index contributed by atoms with van der Waals surface area (Å²) >= 11 is 5.18. The third kappa shape index (κ3) is 3.90. The average Bonchev–Trinajstić information content (AvgIpc) is 2.91. The molecule has 0 amide bonds. The molecule has 1 heterocycles. The number of ether oxygens (including phenoxy) is 3. The van der Waals surface area contributed by atoms with E-state index < -0.39 is 0 Å². The van der Waals surface area contributed by atoms with Crippen LogP contribution in [0, 0.1) is 0 Å². The standard InChI is InChI=1S/C15H18BrNO3S/c1-18-13-5-4-10(14(19-2)15(13)20-3)7-17-8-12-6-11(16)9-21-12/h4-6,9,17H,7-8H2,1-3H3. The van der Waals surface area contributed by atoms with Gasteiger partial charge in [-0.05, 0) is 28.1 Å². The van der Waals surface area contributed by atoms with Crippen LogP contribution in [0.2, 0.25) is 0 Å². The van der Waals surface area contributed by atoms with Crippen molar-refractivity contribution in [3.8, 4) is 17.2 Å². The lowest BCUT2D eigenvalue weighted by Gasteiger charge is -2.16. The fourth-order valence-corrected chi connectivity index (χ4v) is 3.49. The molecule has 6 heteroatoms. The molecular formula is C15H18BrNO3S. The molecule has 1 aromatic carbocycles. The van der Waals surface area contributed by atoms with Crippen molar-refractivity contribution in [2.75, 3.05) is 21.3 Å². The first kappa shape index (κ1) is 16.1. The van der Waals surface area contributed by atoms with Gasteiger partial charge in [-0.1, -0.05) is 6.07 Å². The molecule has 2 aromatic rings. The van der Waals surface area contributed by atoms with Crippen molar-refractivity contribution in [1.82, 2.24) is 5.32 Å². The Morgan fingerprint density at radius 3 is 2.38 bits per heavy atom. The Bertz CT molecular complexity index is 601. The Hall–Kier alpha value is -1.24. The molecule has 0 saturated carbocycles. The van der Waals surface area contributed by atoms with Crippen molar-refractivity contribution in [2.24, 2.45) is 0 Å². The number of methoxy groups -OCH3 is 3. The van der Waals surface area contributed by atoms with Crippen molar-refractivity contribution in [2.45, 2.75) is 13.1 Å². The molecule has 2 rings (SSSR count). The summed E-state index contributed by atoms with van der Waals surface area (Å²) < 4.78 is 17.3. The quantitative estimate of drug-likeness (QED) is 0.802. The number of hydrogen-bond donors (Lipinski definition) is 1. The fraction of sp³-hybridized carbons (Fsp3) is 0.333. The topological polar surface area (TPSA) is 39.7 Å². The van der Waals surface area contributed by atoms with Crippen LogP contribution in [-0.2, 0) is 13.1 Å². The van der Waals surface area contributed by atoms with E-state index in [0.29, 0.717) is 23.8 Å². The summed E-state index contributed by atoms with van der Waals surface area (Å²) in [7, 11) is 4.86. The summed E-state index contributed by atoms with van der Waals surface area (Å²) in [4.78, 5) is 1.28. The molecule has 114 valence electrons. The van der Waals surface area contributed by atoms with E-state index in [9.17, 15) is 0 Å². The summed E-state index contributed by atoms with van der Waals surface area (Å²) in [5.41, 5.74) is 1.03. The van der Waals surface area contributed by atoms with Gasteiger partial charge in [0.05, 0.1) is 21.3 Å². The van der Waals surface area contributed by atoms with Crippen LogP contribution in [0.4, 0.5) is 0 Å². The van der Waals surface area contributed by atoms with Gasteiger partial charge in [0.15, 0.2) is 11.5 Å². The number of hydrogen-bond acceptors (Lipinski definition) is 5. The number of benzene rings is 1. The van der Waals surface area contributed by atoms with E-state index in [1.807, 2.05) is 12.1 Å². The Morgan fingerprint density at radius 1 is 1.05 bits per heavy atom. The molecule has 0 spiro atoms. The molecule has 0 aliphatic carbocycles. The van der Waals surface area contributed by atoms with Crippen LogP contribution in [0.25, 0.3) is 0 Å². The van der Waals surface area contributed by atoms with Crippen LogP contribution in [0.3, 0.4) is 0 Å². The number of thiophene rings is 1. The lowest BCUT2D eigenvalue weighted by molar-refractivity contribution is 0.321. The smallest absolute Gasteiger partial charge is 0.203 e. The van der Waals surface area contributed by atoms with E-state index in [1.165, 1.54) is 4.88 Å². The average molecular weight is 372 g/mol. The maximum absolute atomic E-state index is 5.47. The lowest BCUT2D eigenvalue weighted by Crippen LogP contribution is -2.13. The van der Waals surface area contributed by atoms with Crippen LogP contribution < -0.4 is 19.5 Å². The second-order valence-corrected chi connectivity index (χ2v) is 6.24. The molecule has 0 saturated heterocycles. The highest BCUT2D eigenvalue weighted by atomic mass is 79.9. The van der Waals surface area contributed by atoms with E-state index in [-0.39, 0.29) is 0 Å². The zero-order valence-corrected chi connectivity index (χ0v) is 14.6. The van der Waals surface area contributed by atoms with E-state index in [0.717, 1.165) is 16.6 Å². The van der Waals surface area contributed by atoms with Gasteiger partial charge in [-0.15, -0.1) is 11.3 Å². The first-order valence-electron chi connectivity index (χ1n) is 6.41. The van der Waals surface area contributed by atoms with Gasteiger partial charge in [-0.25, -0.2) is 0 Å². The molecule has 0 unspecified atom stereocenters. The van der Waals surface area contributed by atoms with Crippen LogP contribution in [-0.4, -0.2) is 21.3 Å². The summed E-state index contributed by atoms with van der Waals surface area (Å²) in [5.74, 6) is 2.00. The maximum atomic E-state index is 5.47. The Morgan fingerprint density at radius 2 is 1.81 bits per heavy atom. The van der Waals surface area contributed by atoms with Gasteiger partial charge in [0, 0.05) is 33.4 Å². The fourth-order valence-electron chi connectivity index (χ4n) is 2.07. The van der Waals surface area contributed by atoms with Gasteiger partial charge < -0.3 is 19.5 Å². The van der Waals surface area contributed by atoms with Gasteiger partial charge in [-0.2, -0.15) is 0 Å². The van der Waals surface area contributed by atoms with Crippen molar-refractivity contribution in [3.05, 3.63) is 38.5 Å². The second-order valence-electron chi connectivity index (χ2n) is 4.33. The molecule has 21 heavy (non-hydrogen) atoms. The highest BCUT2D eigenvalue weighted by Crippen LogP contribution is 2.39. The molecule has 0 radical (unpaired) electrons. The largest absolute Gasteiger partial charge is 0.493 e. The van der Waals surface area contributed by atoms with Crippen molar-refractivity contribution in [3.63, 3.8) is 0 Å². The van der Waals surface area contributed by atoms with Gasteiger partial charge in [0.2, 0.25) is 5.75 Å². The minimum Gasteiger partial charge on any atom is -0.493 e. The van der Waals surface area contributed by atoms with Crippen molar-refractivity contribution >= 4 is 27.3 Å². The first-order valence-corrected chi connectivity index (χ1v) is 8.08. The molecule has 0 aliphatic rings. The predicted molar refractivity (Wildman–Crippen MR) is 88.7 cm³/mol. The minimum absolute atomic E-state index is 0.623. The molecule has 0 aliphatic heterocycles. The van der Waals surface area contributed by atoms with Crippen LogP contribution in [0.15, 0.2) is 28.1 Å². The summed E-state index contributed by atoms with van der Waals surface area (Å²) in [5, 5.41) is 5.49. The highest BCUT2D eigenvalue weighted by Gasteiger charge is 2.15. The molecule has 0 atom stereocenters. The third-order valence-corrected chi connectivity index (χ3v) is 4.72. The molecule has 1 N–H and O–H groups in total. The number of nitrogens with one attached hydrogen (secondary N) is 1. The van der Waals surface area contributed by atoms with Crippen LogP contribution >= 0.6 is 27.3 Å². The third-order valence-electron chi connectivity index (χ3n) is 3.02. The summed E-state index contributed by atoms with van der Waals surface area (Å²) in [6.07, 6.45) is 0. The summed E-state index contributed by atoms with van der Waals surface area (Å²) in [6, 6.07) is 5.99. The van der Waals surface area contributed by atoms with Gasteiger partial charge in [-0.3, -0.25) is 0 Å². The zero-order chi connectivity index (χ0) is 15.2. The van der Waals surface area contributed by atoms with Gasteiger partial charge >= 0.3 is 0 Å². The molecule has 1 aromatic heterocycles. The van der Waals surface area contributed by atoms with E-state index in [1.54, 1.807) is 32.7 Å². The monoisotopic (exact) mass is 371 g/mol. The van der Waals surface area contributed by atoms with Crippen molar-refractivity contribution < 1.29 is 14.2 Å². The van der Waals surface area contributed by atoms with Gasteiger partial charge in [0.25, 0.3) is 0 Å². The summed E-state index contributed by atoms with van der Waals surface area (Å²) in [6.45, 7) is 1.51. The normalized spacial score (nSPS) is 10.5. The van der Waals surface area contributed by atoms with Crippen LogP contribution in [0.1, 0.15) is 10.4 Å². The number of halogens is 1. The highest BCUT2D eigenvalue weighted by molar-refractivity contribution is 9.10. The predicted octanol–water partition coefficient (Wildman–Crippen LogP) is 3.83. The lowest BCUT2D eigenvalue weighted by atomic mass is 10.1. The zero-order valence-electron chi connectivity index (χ0n) is 12.2. The Labute approximate surface area is 137 Å². The first-order chi connectivity index (χ1) is 10.2.